The molecule has 0 amide bonds. The van der Waals surface area contributed by atoms with Gasteiger partial charge < -0.3 is 5.11 Å². The first kappa shape index (κ1) is 17.6. The number of aromatic carboxylic acids is 1. The first-order valence-electron chi connectivity index (χ1n) is 5.84. The highest BCUT2D eigenvalue weighted by molar-refractivity contribution is 7.87. The Morgan fingerprint density at radius 3 is 2.33 bits per heavy atom. The van der Waals surface area contributed by atoms with Gasteiger partial charge >= 0.3 is 5.97 Å². The van der Waals surface area contributed by atoms with Crippen molar-refractivity contribution in [2.24, 2.45) is 0 Å². The topological polar surface area (TPSA) is 135 Å². The van der Waals surface area contributed by atoms with Gasteiger partial charge in [-0.3, -0.25) is 8.74 Å². The van der Waals surface area contributed by atoms with Gasteiger partial charge in [-0.25, -0.2) is 4.79 Å². The maximum absolute atomic E-state index is 11.8. The molecule has 2 N–H and O–H groups in total. The van der Waals surface area contributed by atoms with Crippen LogP contribution in [0.15, 0.2) is 28.0 Å². The maximum Gasteiger partial charge on any atom is 0.337 e. The molecule has 21 heavy (non-hydrogen) atoms. The normalized spacial score (nSPS) is 12.3. The molecule has 0 bridgehead atoms. The lowest BCUT2D eigenvalue weighted by molar-refractivity contribution is 0.0692. The molecule has 1 aromatic rings. The molecule has 0 atom stereocenters. The van der Waals surface area contributed by atoms with E-state index in [-0.39, 0.29) is 6.61 Å². The summed E-state index contributed by atoms with van der Waals surface area (Å²) < 4.78 is 59.6. The Hall–Kier alpha value is -1.49. The van der Waals surface area contributed by atoms with Gasteiger partial charge in [-0.1, -0.05) is 13.3 Å². The van der Waals surface area contributed by atoms with Crippen molar-refractivity contribution in [3.05, 3.63) is 23.8 Å². The van der Waals surface area contributed by atoms with E-state index in [9.17, 15) is 21.6 Å². The van der Waals surface area contributed by atoms with Crippen LogP contribution in [0.5, 0.6) is 0 Å². The van der Waals surface area contributed by atoms with E-state index in [2.05, 4.69) is 4.18 Å². The smallest absolute Gasteiger partial charge is 0.337 e. The number of carboxylic acids is 1. The predicted octanol–water partition coefficient (Wildman–Crippen LogP) is 1.14. The quantitative estimate of drug-likeness (QED) is 0.429. The summed E-state index contributed by atoms with van der Waals surface area (Å²) in [4.78, 5) is 9.33. The lowest BCUT2D eigenvalue weighted by atomic mass is 10.2. The minimum absolute atomic E-state index is 0.0826. The third-order valence-corrected chi connectivity index (χ3v) is 4.69. The molecular weight excluding hydrogens is 324 g/mol. The van der Waals surface area contributed by atoms with E-state index in [1.165, 1.54) is 0 Å². The summed E-state index contributed by atoms with van der Waals surface area (Å²) in [5, 5.41) is 8.84. The Balaban J connectivity index is 3.32. The van der Waals surface area contributed by atoms with Gasteiger partial charge in [-0.05, 0) is 24.6 Å². The number of rotatable bonds is 7. The van der Waals surface area contributed by atoms with E-state index < -0.39 is 41.6 Å². The summed E-state index contributed by atoms with van der Waals surface area (Å²) in [7, 11) is -9.11. The van der Waals surface area contributed by atoms with Crippen LogP contribution in [0.4, 0.5) is 0 Å². The molecule has 0 aliphatic carbocycles. The number of hydrogen-bond acceptors (Lipinski definition) is 6. The molecule has 0 aliphatic rings. The van der Waals surface area contributed by atoms with Crippen LogP contribution in [0, 0.1) is 0 Å². The molecule has 10 heteroatoms. The monoisotopic (exact) mass is 338 g/mol. The fraction of sp³-hybridized carbons (Fsp3) is 0.364. The Labute approximate surface area is 122 Å². The third kappa shape index (κ3) is 4.49. The van der Waals surface area contributed by atoms with Crippen molar-refractivity contribution >= 4 is 26.2 Å². The van der Waals surface area contributed by atoms with Gasteiger partial charge in [0.2, 0.25) is 0 Å². The first-order chi connectivity index (χ1) is 9.59. The fourth-order valence-corrected chi connectivity index (χ4v) is 3.18. The van der Waals surface area contributed by atoms with Crippen molar-refractivity contribution in [2.45, 2.75) is 29.6 Å². The number of benzene rings is 1. The molecule has 0 spiro atoms. The third-order valence-electron chi connectivity index (χ3n) is 2.49. The number of carboxylic acid groups (broad SMARTS) is 1. The van der Waals surface area contributed by atoms with Gasteiger partial charge in [0.25, 0.3) is 20.2 Å². The van der Waals surface area contributed by atoms with Gasteiger partial charge in [0, 0.05) is 0 Å². The summed E-state index contributed by atoms with van der Waals surface area (Å²) in [5.41, 5.74) is -0.731. The molecule has 1 aromatic carbocycles. The lowest BCUT2D eigenvalue weighted by Gasteiger charge is -2.08. The molecule has 0 saturated carbocycles. The zero-order chi connectivity index (χ0) is 16.3. The Bertz CT molecular complexity index is 733. The molecule has 0 saturated heterocycles. The molecule has 0 unspecified atom stereocenters. The minimum Gasteiger partial charge on any atom is -0.478 e. The molecule has 1 rings (SSSR count). The van der Waals surface area contributed by atoms with Crippen LogP contribution in [0.3, 0.4) is 0 Å². The second kappa shape index (κ2) is 6.52. The van der Waals surface area contributed by atoms with E-state index >= 15 is 0 Å². The predicted molar refractivity (Wildman–Crippen MR) is 71.3 cm³/mol. The van der Waals surface area contributed by atoms with E-state index in [4.69, 9.17) is 9.66 Å². The van der Waals surface area contributed by atoms with Gasteiger partial charge in [0.15, 0.2) is 0 Å². The molecule has 0 aromatic heterocycles. The Morgan fingerprint density at radius 1 is 1.24 bits per heavy atom. The van der Waals surface area contributed by atoms with Crippen molar-refractivity contribution in [2.75, 3.05) is 6.61 Å². The van der Waals surface area contributed by atoms with Crippen LogP contribution in [-0.4, -0.2) is 39.1 Å². The van der Waals surface area contributed by atoms with Crippen molar-refractivity contribution < 1.29 is 35.5 Å². The standard InChI is InChI=1S/C11H14O8S2/c1-2-3-6-19-21(17,18)8-4-5-9(11(12)13)10(7-8)20(14,15)16/h4-5,7H,2-3,6H2,1H3,(H,12,13)(H,14,15,16). The van der Waals surface area contributed by atoms with Crippen LogP contribution in [-0.2, 0) is 24.4 Å². The summed E-state index contributed by atoms with van der Waals surface area (Å²) in [6.07, 6.45) is 1.18. The van der Waals surface area contributed by atoms with E-state index in [1.54, 1.807) is 0 Å². The summed E-state index contributed by atoms with van der Waals surface area (Å²) in [6, 6.07) is 2.24. The highest BCUT2D eigenvalue weighted by Crippen LogP contribution is 2.22. The number of hydrogen-bond donors (Lipinski definition) is 2. The van der Waals surface area contributed by atoms with Crippen LogP contribution in [0.25, 0.3) is 0 Å². The average molecular weight is 338 g/mol. The van der Waals surface area contributed by atoms with Crippen molar-refractivity contribution in [1.29, 1.82) is 0 Å². The number of carbonyl (C=O) groups is 1. The second-order valence-electron chi connectivity index (χ2n) is 4.07. The summed E-state index contributed by atoms with van der Waals surface area (Å²) in [5.74, 6) is -1.61. The molecule has 8 nitrogen and oxygen atoms in total. The van der Waals surface area contributed by atoms with Gasteiger partial charge in [0.1, 0.15) is 4.90 Å². The fourth-order valence-electron chi connectivity index (χ4n) is 1.43. The molecule has 0 fully saturated rings. The van der Waals surface area contributed by atoms with Crippen molar-refractivity contribution in [3.8, 4) is 0 Å². The number of unbranched alkanes of at least 4 members (excludes halogenated alkanes) is 1. The van der Waals surface area contributed by atoms with Crippen LogP contribution in [0.1, 0.15) is 30.1 Å². The molecule has 0 heterocycles. The zero-order valence-corrected chi connectivity index (χ0v) is 12.6. The average Bonchev–Trinajstić information content (AvgIpc) is 2.37. The highest BCUT2D eigenvalue weighted by atomic mass is 32.2. The molecular formula is C11H14O8S2. The highest BCUT2D eigenvalue weighted by Gasteiger charge is 2.24. The lowest BCUT2D eigenvalue weighted by Crippen LogP contribution is -2.12. The summed E-state index contributed by atoms with van der Waals surface area (Å²) >= 11 is 0. The van der Waals surface area contributed by atoms with E-state index in [0.29, 0.717) is 18.9 Å². The first-order valence-corrected chi connectivity index (χ1v) is 8.68. The largest absolute Gasteiger partial charge is 0.478 e. The Kier molecular flexibility index (Phi) is 5.45. The van der Waals surface area contributed by atoms with Crippen molar-refractivity contribution in [1.82, 2.24) is 0 Å². The van der Waals surface area contributed by atoms with Crippen molar-refractivity contribution in [3.63, 3.8) is 0 Å². The van der Waals surface area contributed by atoms with Crippen LogP contribution < -0.4 is 0 Å². The SMILES string of the molecule is CCCCOS(=O)(=O)c1ccc(C(=O)O)c(S(=O)(=O)O)c1. The van der Waals surface area contributed by atoms with Gasteiger partial charge in [-0.2, -0.15) is 16.8 Å². The summed E-state index contributed by atoms with van der Waals surface area (Å²) in [6.45, 7) is 1.74. The van der Waals surface area contributed by atoms with E-state index in [0.717, 1.165) is 12.1 Å². The van der Waals surface area contributed by atoms with E-state index in [1.807, 2.05) is 6.92 Å². The van der Waals surface area contributed by atoms with Gasteiger partial charge in [0.05, 0.1) is 17.1 Å². The molecule has 0 aliphatic heterocycles. The van der Waals surface area contributed by atoms with Crippen LogP contribution in [0.2, 0.25) is 0 Å². The van der Waals surface area contributed by atoms with Gasteiger partial charge in [-0.15, -0.1) is 0 Å². The minimum atomic E-state index is -4.89. The van der Waals surface area contributed by atoms with Crippen LogP contribution >= 0.6 is 0 Å². The Morgan fingerprint density at radius 2 is 1.86 bits per heavy atom. The molecule has 0 radical (unpaired) electrons. The zero-order valence-electron chi connectivity index (χ0n) is 11.0. The second-order valence-corrected chi connectivity index (χ2v) is 7.07. The maximum atomic E-state index is 11.8. The molecule has 118 valence electrons.